The molecule has 118 valence electrons. The van der Waals surface area contributed by atoms with E-state index in [0.29, 0.717) is 28.9 Å². The maximum absolute atomic E-state index is 13.5. The summed E-state index contributed by atoms with van der Waals surface area (Å²) in [4.78, 5) is 13.1. The molecule has 1 atom stereocenters. The van der Waals surface area contributed by atoms with E-state index in [1.807, 2.05) is 0 Å². The molecule has 4 rings (SSSR count). The van der Waals surface area contributed by atoms with Crippen LogP contribution >= 0.6 is 0 Å². The Morgan fingerprint density at radius 2 is 2.17 bits per heavy atom. The van der Waals surface area contributed by atoms with E-state index in [-0.39, 0.29) is 5.82 Å². The van der Waals surface area contributed by atoms with E-state index in [2.05, 4.69) is 20.3 Å². The fourth-order valence-corrected chi connectivity index (χ4v) is 3.08. The van der Waals surface area contributed by atoms with Crippen molar-refractivity contribution in [1.82, 2.24) is 24.7 Å². The highest BCUT2D eigenvalue weighted by atomic mass is 19.1. The minimum atomic E-state index is -0.338. The molecule has 0 saturated carbocycles. The molecule has 0 aromatic carbocycles. The molecular formula is C16H17FN6. The first-order chi connectivity index (χ1) is 11.2. The number of nitrogens with two attached hydrogens (primary N) is 1. The van der Waals surface area contributed by atoms with Gasteiger partial charge in [-0.1, -0.05) is 0 Å². The van der Waals surface area contributed by atoms with E-state index >= 15 is 0 Å². The number of rotatable bonds is 2. The Kier molecular flexibility index (Phi) is 3.42. The summed E-state index contributed by atoms with van der Waals surface area (Å²) in [5, 5.41) is 3.37. The molecule has 7 heteroatoms. The number of piperidine rings is 1. The summed E-state index contributed by atoms with van der Waals surface area (Å²) in [5.74, 6) is 0.940. The zero-order valence-corrected chi connectivity index (χ0v) is 12.5. The highest BCUT2D eigenvalue weighted by Gasteiger charge is 2.20. The van der Waals surface area contributed by atoms with Crippen LogP contribution in [0.2, 0.25) is 0 Å². The van der Waals surface area contributed by atoms with E-state index < -0.39 is 0 Å². The van der Waals surface area contributed by atoms with E-state index in [1.54, 1.807) is 22.9 Å². The van der Waals surface area contributed by atoms with Crippen LogP contribution in [-0.4, -0.2) is 32.4 Å². The van der Waals surface area contributed by atoms with Gasteiger partial charge in [0.2, 0.25) is 0 Å². The topological polar surface area (TPSA) is 81.1 Å². The number of fused-ring (bicyclic) bond motifs is 1. The summed E-state index contributed by atoms with van der Waals surface area (Å²) in [6, 6.07) is 2.99. The molecule has 0 radical (unpaired) electrons. The van der Waals surface area contributed by atoms with Crippen molar-refractivity contribution in [2.45, 2.75) is 18.8 Å². The van der Waals surface area contributed by atoms with Gasteiger partial charge in [-0.2, -0.15) is 0 Å². The molecule has 23 heavy (non-hydrogen) atoms. The van der Waals surface area contributed by atoms with Gasteiger partial charge < -0.3 is 11.1 Å². The molecule has 1 fully saturated rings. The first-order valence-electron chi connectivity index (χ1n) is 7.68. The lowest BCUT2D eigenvalue weighted by atomic mass is 9.93. The monoisotopic (exact) mass is 312 g/mol. The minimum Gasteiger partial charge on any atom is -0.383 e. The molecule has 4 heterocycles. The number of nitrogen functional groups attached to an aromatic ring is 1. The van der Waals surface area contributed by atoms with Gasteiger partial charge in [0.05, 0.1) is 6.20 Å². The van der Waals surface area contributed by atoms with Crippen molar-refractivity contribution in [3.63, 3.8) is 0 Å². The van der Waals surface area contributed by atoms with Gasteiger partial charge in [0.1, 0.15) is 23.0 Å². The van der Waals surface area contributed by atoms with Crippen molar-refractivity contribution in [3.8, 4) is 11.5 Å². The molecule has 1 aliphatic heterocycles. The number of pyridine rings is 1. The molecule has 0 bridgehead atoms. The van der Waals surface area contributed by atoms with Crippen LogP contribution in [0.15, 0.2) is 30.7 Å². The number of nitrogens with zero attached hydrogens (tertiary/aromatic N) is 4. The quantitative estimate of drug-likeness (QED) is 0.756. The van der Waals surface area contributed by atoms with Gasteiger partial charge in [-0.15, -0.1) is 0 Å². The Morgan fingerprint density at radius 1 is 1.26 bits per heavy atom. The predicted octanol–water partition coefficient (Wildman–Crippen LogP) is 1.98. The average molecular weight is 312 g/mol. The molecule has 3 aromatic heterocycles. The predicted molar refractivity (Wildman–Crippen MR) is 85.4 cm³/mol. The number of nitrogens with one attached hydrogen (secondary N) is 1. The van der Waals surface area contributed by atoms with Crippen molar-refractivity contribution >= 4 is 11.5 Å². The molecule has 1 saturated heterocycles. The zero-order chi connectivity index (χ0) is 15.8. The molecule has 6 nitrogen and oxygen atoms in total. The van der Waals surface area contributed by atoms with E-state index in [1.165, 1.54) is 12.3 Å². The maximum Gasteiger partial charge on any atom is 0.180 e. The molecule has 0 unspecified atom stereocenters. The van der Waals surface area contributed by atoms with Gasteiger partial charge in [0.15, 0.2) is 5.82 Å². The number of halogens is 1. The standard InChI is InChI=1S/C16H17FN6/c17-11-3-4-14-20-8-13(23(14)9-11)16-21-7-12(15(18)22-16)10-2-1-5-19-6-10/h3-4,7-10,19H,1-2,5-6H2,(H2,18,21,22)/t10-/m0/s1. The number of imidazole rings is 1. The summed E-state index contributed by atoms with van der Waals surface area (Å²) in [6.45, 7) is 1.94. The third-order valence-corrected chi connectivity index (χ3v) is 4.28. The molecule has 0 aliphatic carbocycles. The van der Waals surface area contributed by atoms with Gasteiger partial charge in [0, 0.05) is 30.4 Å². The van der Waals surface area contributed by atoms with Crippen molar-refractivity contribution in [3.05, 3.63) is 42.1 Å². The molecule has 0 amide bonds. The number of aromatic nitrogens is 4. The Labute approximate surface area is 132 Å². The zero-order valence-electron chi connectivity index (χ0n) is 12.5. The summed E-state index contributed by atoms with van der Waals surface area (Å²) < 4.78 is 15.1. The summed E-state index contributed by atoms with van der Waals surface area (Å²) in [7, 11) is 0. The lowest BCUT2D eigenvalue weighted by molar-refractivity contribution is 0.461. The van der Waals surface area contributed by atoms with Gasteiger partial charge in [-0.3, -0.25) is 4.40 Å². The molecular weight excluding hydrogens is 295 g/mol. The maximum atomic E-state index is 13.5. The van der Waals surface area contributed by atoms with Gasteiger partial charge in [-0.25, -0.2) is 19.3 Å². The van der Waals surface area contributed by atoms with E-state index in [4.69, 9.17) is 5.73 Å². The van der Waals surface area contributed by atoms with Crippen LogP contribution in [0.25, 0.3) is 17.2 Å². The van der Waals surface area contributed by atoms with Crippen LogP contribution < -0.4 is 11.1 Å². The van der Waals surface area contributed by atoms with Crippen LogP contribution in [0.4, 0.5) is 10.2 Å². The van der Waals surface area contributed by atoms with Crippen molar-refractivity contribution in [2.24, 2.45) is 0 Å². The highest BCUT2D eigenvalue weighted by molar-refractivity contribution is 5.59. The Hall–Kier alpha value is -2.54. The second-order valence-electron chi connectivity index (χ2n) is 5.80. The molecule has 3 N–H and O–H groups in total. The third kappa shape index (κ3) is 2.53. The first kappa shape index (κ1) is 14.1. The van der Waals surface area contributed by atoms with Crippen LogP contribution in [0.1, 0.15) is 24.3 Å². The fourth-order valence-electron chi connectivity index (χ4n) is 3.08. The second kappa shape index (κ2) is 5.58. The SMILES string of the molecule is Nc1nc(-c2cnc3ccc(F)cn23)ncc1[C@H]1CCCNC1. The summed E-state index contributed by atoms with van der Waals surface area (Å²) >= 11 is 0. The highest BCUT2D eigenvalue weighted by Crippen LogP contribution is 2.28. The van der Waals surface area contributed by atoms with Crippen molar-refractivity contribution < 1.29 is 4.39 Å². The number of anilines is 1. The number of hydrogen-bond acceptors (Lipinski definition) is 5. The lowest BCUT2D eigenvalue weighted by Gasteiger charge is -2.23. The van der Waals surface area contributed by atoms with Gasteiger partial charge in [0.25, 0.3) is 0 Å². The minimum absolute atomic E-state index is 0.338. The van der Waals surface area contributed by atoms with Crippen molar-refractivity contribution in [2.75, 3.05) is 18.8 Å². The lowest BCUT2D eigenvalue weighted by Crippen LogP contribution is -2.29. The van der Waals surface area contributed by atoms with Crippen molar-refractivity contribution in [1.29, 1.82) is 0 Å². The third-order valence-electron chi connectivity index (χ3n) is 4.28. The van der Waals surface area contributed by atoms with Gasteiger partial charge >= 0.3 is 0 Å². The molecule has 0 spiro atoms. The average Bonchev–Trinajstić information content (AvgIpc) is 2.98. The number of hydrogen-bond donors (Lipinski definition) is 2. The summed E-state index contributed by atoms with van der Waals surface area (Å²) in [5.41, 5.74) is 8.39. The Morgan fingerprint density at radius 3 is 2.96 bits per heavy atom. The van der Waals surface area contributed by atoms with Crippen LogP contribution in [0.3, 0.4) is 0 Å². The molecule has 1 aliphatic rings. The summed E-state index contributed by atoms with van der Waals surface area (Å²) in [6.07, 6.45) is 6.99. The van der Waals surface area contributed by atoms with Gasteiger partial charge in [-0.05, 0) is 31.5 Å². The Balaban J connectivity index is 1.74. The van der Waals surface area contributed by atoms with Crippen LogP contribution in [0.5, 0.6) is 0 Å². The molecule has 3 aromatic rings. The van der Waals surface area contributed by atoms with E-state index in [9.17, 15) is 4.39 Å². The first-order valence-corrected chi connectivity index (χ1v) is 7.68. The van der Waals surface area contributed by atoms with Crippen LogP contribution in [0, 0.1) is 5.82 Å². The smallest absolute Gasteiger partial charge is 0.180 e. The normalized spacial score (nSPS) is 18.4. The second-order valence-corrected chi connectivity index (χ2v) is 5.80. The van der Waals surface area contributed by atoms with E-state index in [0.717, 1.165) is 31.5 Å². The largest absolute Gasteiger partial charge is 0.383 e. The fraction of sp³-hybridized carbons (Fsp3) is 0.312. The Bertz CT molecular complexity index is 853. The van der Waals surface area contributed by atoms with Crippen LogP contribution in [-0.2, 0) is 0 Å².